The molecule has 4 heteroatoms. The highest BCUT2D eigenvalue weighted by molar-refractivity contribution is 5.37. The topological polar surface area (TPSA) is 56.5 Å². The number of hydrogen-bond donors (Lipinski definition) is 2. The van der Waals surface area contributed by atoms with Crippen LogP contribution in [0.1, 0.15) is 59.1 Å². The van der Waals surface area contributed by atoms with Gasteiger partial charge in [-0.25, -0.2) is 5.43 Å². The van der Waals surface area contributed by atoms with E-state index in [2.05, 4.69) is 25.3 Å². The lowest BCUT2D eigenvalue weighted by Crippen LogP contribution is -2.48. The third-order valence-corrected chi connectivity index (χ3v) is 3.91. The smallest absolute Gasteiger partial charge is 0.124 e. The Labute approximate surface area is 129 Å². The summed E-state index contributed by atoms with van der Waals surface area (Å²) in [7, 11) is 0. The van der Waals surface area contributed by atoms with Crippen LogP contribution in [0.15, 0.2) is 24.3 Å². The Kier molecular flexibility index (Phi) is 7.15. The second kappa shape index (κ2) is 8.37. The molecule has 1 unspecified atom stereocenters. The van der Waals surface area contributed by atoms with Crippen molar-refractivity contribution in [2.24, 2.45) is 5.84 Å². The number of nitrogens with two attached hydrogens (primary N) is 1. The van der Waals surface area contributed by atoms with E-state index >= 15 is 0 Å². The summed E-state index contributed by atoms with van der Waals surface area (Å²) in [6.45, 7) is 11.0. The molecule has 1 rings (SSSR count). The number of hydrazine groups is 1. The molecule has 0 saturated carbocycles. The number of para-hydroxylation sites is 1. The molecule has 0 saturated heterocycles. The maximum absolute atomic E-state index is 6.10. The molecule has 0 aliphatic rings. The van der Waals surface area contributed by atoms with Crippen molar-refractivity contribution in [1.82, 2.24) is 5.43 Å². The second-order valence-electron chi connectivity index (χ2n) is 5.51. The Morgan fingerprint density at radius 1 is 1.14 bits per heavy atom. The van der Waals surface area contributed by atoms with Gasteiger partial charge in [-0.1, -0.05) is 32.0 Å². The normalized spacial score (nSPS) is 13.5. The van der Waals surface area contributed by atoms with Crippen molar-refractivity contribution in [2.75, 3.05) is 6.61 Å². The maximum Gasteiger partial charge on any atom is 0.124 e. The Bertz CT molecular complexity index is 417. The molecule has 0 aromatic heterocycles. The molecule has 0 radical (unpaired) electrons. The Balaban J connectivity index is 3.25. The molecule has 1 atom stereocenters. The van der Waals surface area contributed by atoms with Gasteiger partial charge < -0.3 is 9.47 Å². The summed E-state index contributed by atoms with van der Waals surface area (Å²) in [5.41, 5.74) is 3.67. The summed E-state index contributed by atoms with van der Waals surface area (Å²) >= 11 is 0. The number of rotatable bonds is 9. The van der Waals surface area contributed by atoms with Gasteiger partial charge in [0, 0.05) is 12.2 Å². The molecule has 0 aliphatic heterocycles. The van der Waals surface area contributed by atoms with Crippen molar-refractivity contribution in [2.45, 2.75) is 65.2 Å². The molecule has 0 bridgehead atoms. The van der Waals surface area contributed by atoms with Gasteiger partial charge in [0.2, 0.25) is 0 Å². The van der Waals surface area contributed by atoms with Crippen molar-refractivity contribution in [1.29, 1.82) is 0 Å². The predicted octanol–water partition coefficient (Wildman–Crippen LogP) is 3.57. The highest BCUT2D eigenvalue weighted by Gasteiger charge is 2.38. The molecule has 0 heterocycles. The third-order valence-electron chi connectivity index (χ3n) is 3.91. The van der Waals surface area contributed by atoms with Crippen LogP contribution in [0, 0.1) is 0 Å². The van der Waals surface area contributed by atoms with E-state index in [1.807, 2.05) is 39.0 Å². The minimum absolute atomic E-state index is 0.109. The van der Waals surface area contributed by atoms with Crippen LogP contribution >= 0.6 is 0 Å². The van der Waals surface area contributed by atoms with Crippen LogP contribution in [-0.4, -0.2) is 18.3 Å². The molecule has 1 aromatic rings. The Hall–Kier alpha value is -1.10. The summed E-state index contributed by atoms with van der Waals surface area (Å²) in [5, 5.41) is 0. The molecule has 3 N–H and O–H groups in total. The lowest BCUT2D eigenvalue weighted by molar-refractivity contribution is -0.0739. The molecule has 0 fully saturated rings. The van der Waals surface area contributed by atoms with Crippen LogP contribution in [0.25, 0.3) is 0 Å². The number of hydrogen-bond acceptors (Lipinski definition) is 4. The van der Waals surface area contributed by atoms with Crippen molar-refractivity contribution in [3.63, 3.8) is 0 Å². The summed E-state index contributed by atoms with van der Waals surface area (Å²) in [5.74, 6) is 6.75. The monoisotopic (exact) mass is 294 g/mol. The molecule has 1 aromatic carbocycles. The van der Waals surface area contributed by atoms with Gasteiger partial charge in [-0.05, 0) is 39.7 Å². The zero-order valence-electron chi connectivity index (χ0n) is 14.0. The van der Waals surface area contributed by atoms with Gasteiger partial charge in [0.05, 0.1) is 17.7 Å². The van der Waals surface area contributed by atoms with Crippen LogP contribution in [0.4, 0.5) is 0 Å². The van der Waals surface area contributed by atoms with E-state index in [9.17, 15) is 0 Å². The third kappa shape index (κ3) is 4.19. The van der Waals surface area contributed by atoms with Gasteiger partial charge in [0.15, 0.2) is 0 Å². The van der Waals surface area contributed by atoms with Crippen molar-refractivity contribution >= 4 is 0 Å². The first-order valence-corrected chi connectivity index (χ1v) is 7.90. The summed E-state index contributed by atoms with van der Waals surface area (Å²) in [6.07, 6.45) is 1.87. The average Bonchev–Trinajstić information content (AvgIpc) is 2.48. The molecule has 120 valence electrons. The van der Waals surface area contributed by atoms with Crippen LogP contribution in [0.3, 0.4) is 0 Å². The summed E-state index contributed by atoms with van der Waals surface area (Å²) < 4.78 is 12.0. The van der Waals surface area contributed by atoms with Crippen molar-refractivity contribution in [3.05, 3.63) is 29.8 Å². The fraction of sp³-hybridized carbons (Fsp3) is 0.647. The SMILES string of the molecule is CCOC(CC)(CC)C(NN)c1ccccc1OC(C)C. The lowest BCUT2D eigenvalue weighted by atomic mass is 9.83. The largest absolute Gasteiger partial charge is 0.491 e. The second-order valence-corrected chi connectivity index (χ2v) is 5.51. The fourth-order valence-corrected chi connectivity index (χ4v) is 2.84. The molecule has 0 spiro atoms. The van der Waals surface area contributed by atoms with E-state index in [0.29, 0.717) is 6.61 Å². The van der Waals surface area contributed by atoms with E-state index in [-0.39, 0.29) is 17.7 Å². The van der Waals surface area contributed by atoms with Crippen LogP contribution < -0.4 is 16.0 Å². The zero-order valence-corrected chi connectivity index (χ0v) is 14.0. The van der Waals surface area contributed by atoms with Gasteiger partial charge in [0.1, 0.15) is 5.75 Å². The first-order chi connectivity index (χ1) is 10.0. The Morgan fingerprint density at radius 2 is 1.76 bits per heavy atom. The van der Waals surface area contributed by atoms with E-state index in [0.717, 1.165) is 24.2 Å². The first-order valence-electron chi connectivity index (χ1n) is 7.90. The Morgan fingerprint density at radius 3 is 2.24 bits per heavy atom. The lowest BCUT2D eigenvalue weighted by Gasteiger charge is -2.39. The van der Waals surface area contributed by atoms with E-state index in [1.54, 1.807) is 0 Å². The molecule has 0 aliphatic carbocycles. The van der Waals surface area contributed by atoms with Crippen LogP contribution in [-0.2, 0) is 4.74 Å². The van der Waals surface area contributed by atoms with Gasteiger partial charge in [-0.2, -0.15) is 0 Å². The fourth-order valence-electron chi connectivity index (χ4n) is 2.84. The first kappa shape index (κ1) is 18.0. The van der Waals surface area contributed by atoms with Gasteiger partial charge >= 0.3 is 0 Å². The quantitative estimate of drug-likeness (QED) is 0.540. The summed E-state index contributed by atoms with van der Waals surface area (Å²) in [6, 6.07) is 7.93. The van der Waals surface area contributed by atoms with Gasteiger partial charge in [-0.3, -0.25) is 5.84 Å². The van der Waals surface area contributed by atoms with E-state index in [4.69, 9.17) is 15.3 Å². The van der Waals surface area contributed by atoms with E-state index < -0.39 is 0 Å². The molecule has 21 heavy (non-hydrogen) atoms. The van der Waals surface area contributed by atoms with Crippen LogP contribution in [0.2, 0.25) is 0 Å². The number of ether oxygens (including phenoxy) is 2. The molecule has 4 nitrogen and oxygen atoms in total. The standard InChI is InChI=1S/C17H30N2O2/c1-6-17(7-2,20-8-3)16(19-18)14-11-9-10-12-15(14)21-13(4)5/h9-13,16,19H,6-8,18H2,1-5H3. The van der Waals surface area contributed by atoms with Crippen molar-refractivity contribution < 1.29 is 9.47 Å². The highest BCUT2D eigenvalue weighted by atomic mass is 16.5. The predicted molar refractivity (Wildman–Crippen MR) is 87.2 cm³/mol. The summed E-state index contributed by atoms with van der Waals surface area (Å²) in [4.78, 5) is 0. The highest BCUT2D eigenvalue weighted by Crippen LogP contribution is 2.39. The van der Waals surface area contributed by atoms with Gasteiger partial charge in [0.25, 0.3) is 0 Å². The van der Waals surface area contributed by atoms with Crippen molar-refractivity contribution in [3.8, 4) is 5.75 Å². The van der Waals surface area contributed by atoms with E-state index in [1.165, 1.54) is 0 Å². The maximum atomic E-state index is 6.10. The average molecular weight is 294 g/mol. The van der Waals surface area contributed by atoms with Crippen LogP contribution in [0.5, 0.6) is 5.75 Å². The zero-order chi connectivity index (χ0) is 15.9. The minimum Gasteiger partial charge on any atom is -0.491 e. The molecule has 0 amide bonds. The number of benzene rings is 1. The number of nitrogens with one attached hydrogen (secondary N) is 1. The molecular weight excluding hydrogens is 264 g/mol. The minimum atomic E-state index is -0.333. The molecular formula is C17H30N2O2. The van der Waals surface area contributed by atoms with Gasteiger partial charge in [-0.15, -0.1) is 0 Å².